The maximum Gasteiger partial charge on any atom is 0.417 e. The lowest BCUT2D eigenvalue weighted by molar-refractivity contribution is -0.137. The average Bonchev–Trinajstić information content (AvgIpc) is 2.62. The largest absolute Gasteiger partial charge is 0.417 e. The molecule has 0 fully saturated rings. The molecule has 1 N–H and O–H groups in total. The molecule has 1 atom stereocenters. The molecule has 0 aliphatic carbocycles. The summed E-state index contributed by atoms with van der Waals surface area (Å²) in [4.78, 5) is 11.9. The molecule has 3 aromatic rings. The van der Waals surface area contributed by atoms with Crippen LogP contribution >= 0.6 is 0 Å². The van der Waals surface area contributed by atoms with Crippen LogP contribution in [-0.4, -0.2) is 15.0 Å². The minimum atomic E-state index is -4.49. The summed E-state index contributed by atoms with van der Waals surface area (Å²) in [6.45, 7) is 1.86. The van der Waals surface area contributed by atoms with Gasteiger partial charge in [0.05, 0.1) is 5.56 Å². The van der Waals surface area contributed by atoms with E-state index in [0.717, 1.165) is 17.8 Å². The normalized spacial score (nSPS) is 12.7. The maximum atomic E-state index is 13.0. The predicted octanol–water partition coefficient (Wildman–Crippen LogP) is 4.87. The van der Waals surface area contributed by atoms with E-state index in [4.69, 9.17) is 0 Å². The van der Waals surface area contributed by atoms with E-state index in [-0.39, 0.29) is 23.2 Å². The van der Waals surface area contributed by atoms with Gasteiger partial charge in [-0.1, -0.05) is 12.1 Å². The molecule has 26 heavy (non-hydrogen) atoms. The highest BCUT2D eigenvalue weighted by Crippen LogP contribution is 2.30. The number of aromatic nitrogens is 3. The Hall–Kier alpha value is -3.03. The summed E-state index contributed by atoms with van der Waals surface area (Å²) in [6, 6.07) is 8.37. The van der Waals surface area contributed by atoms with Crippen molar-refractivity contribution in [1.29, 1.82) is 0 Å². The number of halogens is 4. The third-order valence-corrected chi connectivity index (χ3v) is 3.71. The average molecular weight is 362 g/mol. The fourth-order valence-electron chi connectivity index (χ4n) is 2.35. The minimum absolute atomic E-state index is 0.125. The number of hydrogen-bond donors (Lipinski definition) is 1. The quantitative estimate of drug-likeness (QED) is 0.673. The molecule has 0 bridgehead atoms. The zero-order chi connectivity index (χ0) is 18.7. The van der Waals surface area contributed by atoms with Gasteiger partial charge < -0.3 is 5.32 Å². The van der Waals surface area contributed by atoms with Gasteiger partial charge in [0, 0.05) is 30.2 Å². The van der Waals surface area contributed by atoms with Gasteiger partial charge >= 0.3 is 6.18 Å². The van der Waals surface area contributed by atoms with Crippen molar-refractivity contribution in [3.05, 3.63) is 71.9 Å². The van der Waals surface area contributed by atoms with Crippen molar-refractivity contribution in [3.8, 4) is 11.4 Å². The number of nitrogens with zero attached hydrogens (tertiary/aromatic N) is 3. The molecule has 0 spiro atoms. The Morgan fingerprint density at radius 3 is 2.46 bits per heavy atom. The summed E-state index contributed by atoms with van der Waals surface area (Å²) in [6.07, 6.45) is -1.02. The Bertz CT molecular complexity index is 894. The highest BCUT2D eigenvalue weighted by Gasteiger charge is 2.31. The van der Waals surface area contributed by atoms with Crippen LogP contribution in [0.4, 0.5) is 23.4 Å². The predicted molar refractivity (Wildman–Crippen MR) is 88.7 cm³/mol. The van der Waals surface area contributed by atoms with E-state index in [1.54, 1.807) is 18.2 Å². The lowest BCUT2D eigenvalue weighted by Crippen LogP contribution is -2.09. The van der Waals surface area contributed by atoms with Crippen LogP contribution in [0.15, 0.2) is 55.0 Å². The van der Waals surface area contributed by atoms with Gasteiger partial charge in [0.2, 0.25) is 0 Å². The number of rotatable bonds is 4. The molecule has 0 aliphatic heterocycles. The van der Waals surface area contributed by atoms with E-state index in [1.165, 1.54) is 24.5 Å². The van der Waals surface area contributed by atoms with Crippen molar-refractivity contribution in [3.63, 3.8) is 0 Å². The molecule has 134 valence electrons. The van der Waals surface area contributed by atoms with Crippen LogP contribution in [0.1, 0.15) is 24.1 Å². The highest BCUT2D eigenvalue weighted by atomic mass is 19.4. The van der Waals surface area contributed by atoms with E-state index >= 15 is 0 Å². The Morgan fingerprint density at radius 1 is 1.04 bits per heavy atom. The number of nitrogens with one attached hydrogen (secondary N) is 1. The van der Waals surface area contributed by atoms with Crippen LogP contribution in [0.2, 0.25) is 0 Å². The van der Waals surface area contributed by atoms with Gasteiger partial charge in [0.1, 0.15) is 11.6 Å². The molecule has 8 heteroatoms. The highest BCUT2D eigenvalue weighted by molar-refractivity contribution is 5.57. The molecule has 3 rings (SSSR count). The fraction of sp³-hybridized carbons (Fsp3) is 0.167. The summed E-state index contributed by atoms with van der Waals surface area (Å²) in [5.74, 6) is 0.228. The van der Waals surface area contributed by atoms with Crippen molar-refractivity contribution in [2.75, 3.05) is 5.32 Å². The van der Waals surface area contributed by atoms with Crippen LogP contribution in [0, 0.1) is 5.82 Å². The minimum Gasteiger partial charge on any atom is -0.363 e. The third kappa shape index (κ3) is 4.14. The smallest absolute Gasteiger partial charge is 0.363 e. The number of benzene rings is 1. The zero-order valence-electron chi connectivity index (χ0n) is 13.6. The summed E-state index contributed by atoms with van der Waals surface area (Å²) in [5.41, 5.74) is 0.141. The van der Waals surface area contributed by atoms with Gasteiger partial charge in [-0.15, -0.1) is 0 Å². The summed E-state index contributed by atoms with van der Waals surface area (Å²) >= 11 is 0. The van der Waals surface area contributed by atoms with Crippen LogP contribution in [0.25, 0.3) is 11.4 Å². The number of pyridine rings is 1. The first-order valence-electron chi connectivity index (χ1n) is 7.70. The summed E-state index contributed by atoms with van der Waals surface area (Å²) in [5, 5.41) is 3.12. The number of alkyl halides is 3. The molecular formula is C18H14F4N4. The van der Waals surface area contributed by atoms with Crippen molar-refractivity contribution in [1.82, 2.24) is 15.0 Å². The molecular weight excluding hydrogens is 348 g/mol. The topological polar surface area (TPSA) is 50.7 Å². The maximum absolute atomic E-state index is 13.0. The van der Waals surface area contributed by atoms with Crippen LogP contribution in [0.5, 0.6) is 0 Å². The van der Waals surface area contributed by atoms with E-state index in [2.05, 4.69) is 20.3 Å². The van der Waals surface area contributed by atoms with Gasteiger partial charge in [0.25, 0.3) is 0 Å². The second-order valence-corrected chi connectivity index (χ2v) is 5.64. The van der Waals surface area contributed by atoms with Crippen LogP contribution in [0.3, 0.4) is 0 Å². The molecule has 0 aliphatic rings. The molecule has 0 saturated heterocycles. The summed E-state index contributed by atoms with van der Waals surface area (Å²) in [7, 11) is 0. The van der Waals surface area contributed by atoms with E-state index in [0.29, 0.717) is 5.82 Å². The van der Waals surface area contributed by atoms with Crippen molar-refractivity contribution in [2.24, 2.45) is 0 Å². The SMILES string of the molecule is C[C@@H](Nc1ccnc(-c2cncc(C(F)(F)F)c2)n1)c1ccc(F)cc1. The van der Waals surface area contributed by atoms with Gasteiger partial charge in [-0.25, -0.2) is 14.4 Å². The standard InChI is InChI=1S/C18H14F4N4/c1-11(12-2-4-15(19)5-3-12)25-16-6-7-24-17(26-16)13-8-14(10-23-9-13)18(20,21)22/h2-11H,1H3,(H,24,25,26)/t11-/m1/s1. The van der Waals surface area contributed by atoms with Gasteiger partial charge in [0.15, 0.2) is 5.82 Å². The first-order valence-corrected chi connectivity index (χ1v) is 7.70. The molecule has 0 radical (unpaired) electrons. The van der Waals surface area contributed by atoms with Crippen molar-refractivity contribution < 1.29 is 17.6 Å². The Kier molecular flexibility index (Phi) is 4.83. The van der Waals surface area contributed by atoms with Crippen molar-refractivity contribution in [2.45, 2.75) is 19.1 Å². The van der Waals surface area contributed by atoms with Crippen LogP contribution in [-0.2, 0) is 6.18 Å². The Balaban J connectivity index is 1.83. The Morgan fingerprint density at radius 2 is 1.77 bits per heavy atom. The van der Waals surface area contributed by atoms with E-state index in [1.807, 2.05) is 6.92 Å². The molecule has 1 aromatic carbocycles. The molecule has 0 saturated carbocycles. The molecule has 0 unspecified atom stereocenters. The lowest BCUT2D eigenvalue weighted by atomic mass is 10.1. The second kappa shape index (κ2) is 7.07. The number of anilines is 1. The molecule has 2 heterocycles. The number of hydrogen-bond acceptors (Lipinski definition) is 4. The fourth-order valence-corrected chi connectivity index (χ4v) is 2.35. The second-order valence-electron chi connectivity index (χ2n) is 5.64. The van der Waals surface area contributed by atoms with Gasteiger partial charge in [-0.3, -0.25) is 4.98 Å². The first-order chi connectivity index (χ1) is 12.3. The first kappa shape index (κ1) is 17.8. The molecule has 4 nitrogen and oxygen atoms in total. The van der Waals surface area contributed by atoms with Crippen molar-refractivity contribution >= 4 is 5.82 Å². The van der Waals surface area contributed by atoms with Crippen LogP contribution < -0.4 is 5.32 Å². The van der Waals surface area contributed by atoms with E-state index < -0.39 is 11.7 Å². The Labute approximate surface area is 147 Å². The monoisotopic (exact) mass is 362 g/mol. The van der Waals surface area contributed by atoms with Gasteiger partial charge in [-0.2, -0.15) is 13.2 Å². The molecule has 2 aromatic heterocycles. The lowest BCUT2D eigenvalue weighted by Gasteiger charge is -2.15. The summed E-state index contributed by atoms with van der Waals surface area (Å²) < 4.78 is 51.5. The zero-order valence-corrected chi connectivity index (χ0v) is 13.6. The van der Waals surface area contributed by atoms with Gasteiger partial charge in [-0.05, 0) is 36.8 Å². The van der Waals surface area contributed by atoms with E-state index in [9.17, 15) is 17.6 Å². The molecule has 0 amide bonds. The third-order valence-electron chi connectivity index (χ3n) is 3.71.